The molecule has 0 N–H and O–H groups in total. The van der Waals surface area contributed by atoms with Crippen LogP contribution in [0.5, 0.6) is 0 Å². The lowest BCUT2D eigenvalue weighted by Crippen LogP contribution is -2.26. The van der Waals surface area contributed by atoms with Crippen molar-refractivity contribution in [2.45, 2.75) is 49.7 Å². The molecular formula is C33H30O5S2. The van der Waals surface area contributed by atoms with E-state index in [1.165, 1.54) is 24.3 Å². The minimum absolute atomic E-state index is 0.0358. The number of fused-ring (bicyclic) bond motifs is 6. The number of ether oxygens (including phenoxy) is 1. The third-order valence-corrected chi connectivity index (χ3v) is 11.8. The number of benzene rings is 2. The van der Waals surface area contributed by atoms with E-state index < -0.39 is 31.9 Å². The van der Waals surface area contributed by atoms with Crippen molar-refractivity contribution in [3.05, 3.63) is 140 Å². The van der Waals surface area contributed by atoms with Gasteiger partial charge in [0.15, 0.2) is 0 Å². The average molecular weight is 571 g/mol. The van der Waals surface area contributed by atoms with Crippen LogP contribution in [0.15, 0.2) is 150 Å². The van der Waals surface area contributed by atoms with Crippen molar-refractivity contribution in [3.8, 4) is 0 Å². The summed E-state index contributed by atoms with van der Waals surface area (Å²) in [5.74, 6) is 0.289. The van der Waals surface area contributed by atoms with E-state index in [0.29, 0.717) is 5.57 Å². The summed E-state index contributed by atoms with van der Waals surface area (Å²) in [5, 5.41) is 0. The third-order valence-electron chi connectivity index (χ3n) is 7.91. The maximum Gasteiger partial charge on any atom is 0.206 e. The minimum Gasteiger partial charge on any atom is -0.354 e. The van der Waals surface area contributed by atoms with Gasteiger partial charge in [0.05, 0.1) is 9.79 Å². The topological polar surface area (TPSA) is 77.5 Å². The third kappa shape index (κ3) is 3.99. The summed E-state index contributed by atoms with van der Waals surface area (Å²) in [6.07, 6.45) is 8.09. The van der Waals surface area contributed by atoms with Gasteiger partial charge in [-0.2, -0.15) is 0 Å². The van der Waals surface area contributed by atoms with Gasteiger partial charge in [0.1, 0.15) is 22.0 Å². The van der Waals surface area contributed by atoms with Gasteiger partial charge in [0.25, 0.3) is 0 Å². The maximum absolute atomic E-state index is 14.3. The molecule has 204 valence electrons. The monoisotopic (exact) mass is 570 g/mol. The van der Waals surface area contributed by atoms with Crippen molar-refractivity contribution in [1.29, 1.82) is 0 Å². The van der Waals surface area contributed by atoms with Gasteiger partial charge in [-0.15, -0.1) is 0 Å². The van der Waals surface area contributed by atoms with Crippen molar-refractivity contribution in [2.75, 3.05) is 0 Å². The Morgan fingerprint density at radius 3 is 1.75 bits per heavy atom. The largest absolute Gasteiger partial charge is 0.354 e. The molecule has 2 atom stereocenters. The first-order chi connectivity index (χ1) is 19.0. The van der Waals surface area contributed by atoms with E-state index in [1.807, 2.05) is 26.0 Å². The molecule has 2 aromatic rings. The molecule has 0 spiro atoms. The SMILES string of the molecule is CC1=CC=C2C(=C3C(C)=CC=C(C(C)C)C=C13)C1OC2C(S(=O)(=O)c2ccccc2)=C1S(=O)(=O)c1ccccc1. The number of hydrogen-bond acceptors (Lipinski definition) is 5. The van der Waals surface area contributed by atoms with Crippen LogP contribution < -0.4 is 0 Å². The summed E-state index contributed by atoms with van der Waals surface area (Å²) in [6.45, 7) is 8.31. The highest BCUT2D eigenvalue weighted by molar-refractivity contribution is 7.99. The zero-order valence-electron chi connectivity index (χ0n) is 22.8. The van der Waals surface area contributed by atoms with Crippen LogP contribution >= 0.6 is 0 Å². The van der Waals surface area contributed by atoms with E-state index >= 15 is 0 Å². The van der Waals surface area contributed by atoms with Crippen LogP contribution in [0.1, 0.15) is 27.7 Å². The molecule has 2 aliphatic heterocycles. The van der Waals surface area contributed by atoms with Crippen molar-refractivity contribution >= 4 is 19.7 Å². The minimum atomic E-state index is -4.23. The van der Waals surface area contributed by atoms with Crippen LogP contribution in [-0.4, -0.2) is 29.0 Å². The molecule has 6 rings (SSSR count). The Hall–Kier alpha value is -3.52. The van der Waals surface area contributed by atoms with Gasteiger partial charge in [-0.05, 0) is 77.5 Å². The molecule has 0 aromatic heterocycles. The number of allylic oxidation sites excluding steroid dienone is 10. The lowest BCUT2D eigenvalue weighted by Gasteiger charge is -2.25. The molecule has 1 fully saturated rings. The second-order valence-electron chi connectivity index (χ2n) is 10.7. The second-order valence-corrected chi connectivity index (χ2v) is 14.6. The van der Waals surface area contributed by atoms with Gasteiger partial charge in [-0.1, -0.05) is 80.6 Å². The lowest BCUT2D eigenvalue weighted by molar-refractivity contribution is 0.134. The molecule has 1 saturated heterocycles. The Balaban J connectivity index is 1.68. The van der Waals surface area contributed by atoms with Gasteiger partial charge in [-0.3, -0.25) is 0 Å². The Morgan fingerprint density at radius 1 is 0.675 bits per heavy atom. The molecule has 4 aliphatic rings. The normalized spacial score (nSPS) is 22.6. The number of sulfone groups is 2. The zero-order valence-corrected chi connectivity index (χ0v) is 24.4. The van der Waals surface area contributed by atoms with Crippen molar-refractivity contribution in [2.24, 2.45) is 5.92 Å². The van der Waals surface area contributed by atoms with E-state index in [0.717, 1.165) is 33.4 Å². The van der Waals surface area contributed by atoms with Crippen molar-refractivity contribution < 1.29 is 21.6 Å². The van der Waals surface area contributed by atoms with Crippen molar-refractivity contribution in [1.82, 2.24) is 0 Å². The fraction of sp³-hybridized carbons (Fsp3) is 0.212. The molecule has 7 heteroatoms. The molecule has 5 nitrogen and oxygen atoms in total. The zero-order chi connectivity index (χ0) is 28.4. The Labute approximate surface area is 236 Å². The maximum atomic E-state index is 14.3. The fourth-order valence-corrected chi connectivity index (χ4v) is 9.67. The quantitative estimate of drug-likeness (QED) is 0.406. The molecular weight excluding hydrogens is 540 g/mol. The van der Waals surface area contributed by atoms with E-state index in [4.69, 9.17) is 4.74 Å². The van der Waals surface area contributed by atoms with E-state index in [-0.39, 0.29) is 25.5 Å². The highest BCUT2D eigenvalue weighted by Crippen LogP contribution is 2.55. The van der Waals surface area contributed by atoms with E-state index in [2.05, 4.69) is 32.1 Å². The molecule has 2 aliphatic carbocycles. The van der Waals surface area contributed by atoms with Gasteiger partial charge in [-0.25, -0.2) is 16.8 Å². The van der Waals surface area contributed by atoms with Gasteiger partial charge >= 0.3 is 0 Å². The molecule has 2 bridgehead atoms. The molecule has 0 saturated carbocycles. The molecule has 2 aromatic carbocycles. The first-order valence-corrected chi connectivity index (χ1v) is 16.2. The molecule has 2 heterocycles. The lowest BCUT2D eigenvalue weighted by atomic mass is 9.83. The van der Waals surface area contributed by atoms with E-state index in [9.17, 15) is 16.8 Å². The van der Waals surface area contributed by atoms with Crippen LogP contribution in [0.3, 0.4) is 0 Å². The number of rotatable bonds is 5. The number of hydrogen-bond donors (Lipinski definition) is 0. The smallest absolute Gasteiger partial charge is 0.206 e. The summed E-state index contributed by atoms with van der Waals surface area (Å²) in [6, 6.07) is 16.0. The summed E-state index contributed by atoms with van der Waals surface area (Å²) in [5.41, 5.74) is 6.44. The first kappa shape index (κ1) is 26.7. The van der Waals surface area contributed by atoms with Crippen LogP contribution in [0, 0.1) is 5.92 Å². The van der Waals surface area contributed by atoms with Gasteiger partial charge in [0.2, 0.25) is 19.7 Å². The first-order valence-electron chi connectivity index (χ1n) is 13.3. The molecule has 2 unspecified atom stereocenters. The fourth-order valence-electron chi connectivity index (χ4n) is 5.81. The standard InChI is InChI=1S/C33H30O5S2/c1-20(2)23-17-15-22(4)28-27(19-23)21(3)16-18-26-29(28)31-33(40(36,37)25-13-9-6-10-14-25)32(30(26)38-31)39(34,35)24-11-7-5-8-12-24/h5-20,30-31H,1-4H3. The summed E-state index contributed by atoms with van der Waals surface area (Å²) >= 11 is 0. The van der Waals surface area contributed by atoms with Crippen LogP contribution in [0.2, 0.25) is 0 Å². The van der Waals surface area contributed by atoms with Crippen LogP contribution in [0.4, 0.5) is 0 Å². The van der Waals surface area contributed by atoms with E-state index in [1.54, 1.807) is 36.4 Å². The summed E-state index contributed by atoms with van der Waals surface area (Å²) in [4.78, 5) is -0.319. The predicted octanol–water partition coefficient (Wildman–Crippen LogP) is 6.58. The van der Waals surface area contributed by atoms with Crippen LogP contribution in [0.25, 0.3) is 0 Å². The Bertz CT molecular complexity index is 1860. The second kappa shape index (κ2) is 9.54. The predicted molar refractivity (Wildman–Crippen MR) is 157 cm³/mol. The van der Waals surface area contributed by atoms with Crippen molar-refractivity contribution in [3.63, 3.8) is 0 Å². The summed E-state index contributed by atoms with van der Waals surface area (Å²) < 4.78 is 63.3. The van der Waals surface area contributed by atoms with Gasteiger partial charge in [0, 0.05) is 5.57 Å². The summed E-state index contributed by atoms with van der Waals surface area (Å²) in [7, 11) is -8.43. The average Bonchev–Trinajstić information content (AvgIpc) is 3.40. The molecule has 0 radical (unpaired) electrons. The highest BCUT2D eigenvalue weighted by Gasteiger charge is 2.57. The molecule has 0 amide bonds. The van der Waals surface area contributed by atoms with Gasteiger partial charge < -0.3 is 4.74 Å². The Morgan fingerprint density at radius 2 is 1.20 bits per heavy atom. The molecule has 40 heavy (non-hydrogen) atoms. The van der Waals surface area contributed by atoms with Crippen LogP contribution in [-0.2, 0) is 24.4 Å². The Kier molecular flexibility index (Phi) is 6.37. The highest BCUT2D eigenvalue weighted by atomic mass is 32.2.